The Labute approximate surface area is 164 Å². The normalized spacial score (nSPS) is 25.3. The highest BCUT2D eigenvalue weighted by molar-refractivity contribution is 7.65. The topological polar surface area (TPSA) is 38.3 Å². The Morgan fingerprint density at radius 2 is 1.67 bits per heavy atom. The molecule has 0 saturated heterocycles. The average Bonchev–Trinajstić information content (AvgIpc) is 2.68. The molecule has 27 heavy (non-hydrogen) atoms. The van der Waals surface area contributed by atoms with Crippen molar-refractivity contribution in [2.24, 2.45) is 17.8 Å². The average molecular weight is 385 g/mol. The third kappa shape index (κ3) is 5.31. The van der Waals surface area contributed by atoms with Crippen LogP contribution in [-0.2, 0) is 15.6 Å². The van der Waals surface area contributed by atoms with E-state index in [1.54, 1.807) is 0 Å². The zero-order chi connectivity index (χ0) is 19.3. The lowest BCUT2D eigenvalue weighted by atomic mass is 9.75. The summed E-state index contributed by atoms with van der Waals surface area (Å²) in [5.41, 5.74) is 1.11. The molecular formula is C23H32NO2P. The molecule has 1 fully saturated rings. The first-order chi connectivity index (χ1) is 13.0. The lowest BCUT2D eigenvalue weighted by Crippen LogP contribution is -2.36. The Bertz CT molecular complexity index is 747. The fourth-order valence-electron chi connectivity index (χ4n) is 4.03. The van der Waals surface area contributed by atoms with Crippen LogP contribution in [0, 0.1) is 17.8 Å². The van der Waals surface area contributed by atoms with Crippen LogP contribution >= 0.6 is 7.52 Å². The minimum atomic E-state index is -3.16. The Kier molecular flexibility index (Phi) is 6.92. The van der Waals surface area contributed by atoms with E-state index < -0.39 is 7.52 Å². The van der Waals surface area contributed by atoms with Crippen LogP contribution in [-0.4, -0.2) is 6.10 Å². The van der Waals surface area contributed by atoms with Gasteiger partial charge in [0.15, 0.2) is 0 Å². The summed E-state index contributed by atoms with van der Waals surface area (Å²) >= 11 is 0. The first-order valence-electron chi connectivity index (χ1n) is 10.1. The zero-order valence-corrected chi connectivity index (χ0v) is 17.6. The van der Waals surface area contributed by atoms with Gasteiger partial charge in [0.05, 0.1) is 11.4 Å². The van der Waals surface area contributed by atoms with Crippen LogP contribution in [0.2, 0.25) is 0 Å². The van der Waals surface area contributed by atoms with Crippen LogP contribution in [0.4, 0.5) is 0 Å². The summed E-state index contributed by atoms with van der Waals surface area (Å²) < 4.78 is 20.5. The van der Waals surface area contributed by atoms with Gasteiger partial charge >= 0.3 is 0 Å². The molecule has 0 spiro atoms. The van der Waals surface area contributed by atoms with Gasteiger partial charge in [-0.05, 0) is 48.3 Å². The molecule has 146 valence electrons. The molecule has 4 heteroatoms. The highest BCUT2D eigenvalue weighted by Crippen LogP contribution is 2.48. The van der Waals surface area contributed by atoms with Gasteiger partial charge < -0.3 is 4.52 Å². The van der Waals surface area contributed by atoms with E-state index in [0.29, 0.717) is 24.3 Å². The molecule has 2 aromatic carbocycles. The molecule has 0 radical (unpaired) electrons. The Morgan fingerprint density at radius 3 is 2.30 bits per heavy atom. The molecule has 2 aromatic rings. The SMILES string of the molecule is CC(C)[C@@H]1CC[C@H](C)C[C@H]1O[P@](=O)(NCc1ccccc1)c1ccccc1. The van der Waals surface area contributed by atoms with Gasteiger partial charge in [0.2, 0.25) is 0 Å². The third-order valence-corrected chi connectivity index (χ3v) is 7.80. The van der Waals surface area contributed by atoms with Crippen molar-refractivity contribution in [2.45, 2.75) is 52.7 Å². The van der Waals surface area contributed by atoms with Crippen LogP contribution in [0.3, 0.4) is 0 Å². The van der Waals surface area contributed by atoms with Crippen LogP contribution in [0.5, 0.6) is 0 Å². The van der Waals surface area contributed by atoms with E-state index in [-0.39, 0.29) is 6.10 Å². The van der Waals surface area contributed by atoms with E-state index in [2.05, 4.69) is 25.9 Å². The van der Waals surface area contributed by atoms with Crippen LogP contribution in [0.15, 0.2) is 60.7 Å². The molecule has 0 unspecified atom stereocenters. The number of nitrogens with one attached hydrogen (secondary N) is 1. The fraction of sp³-hybridized carbons (Fsp3) is 0.478. The lowest BCUT2D eigenvalue weighted by molar-refractivity contribution is 0.0483. The monoisotopic (exact) mass is 385 g/mol. The van der Waals surface area contributed by atoms with Crippen molar-refractivity contribution in [3.05, 3.63) is 66.2 Å². The molecule has 1 aliphatic carbocycles. The Balaban J connectivity index is 1.84. The van der Waals surface area contributed by atoms with E-state index >= 15 is 0 Å². The third-order valence-electron chi connectivity index (χ3n) is 5.68. The van der Waals surface area contributed by atoms with Gasteiger partial charge in [0.25, 0.3) is 7.52 Å². The standard InChI is InChI=1S/C23H32NO2P/c1-18(2)22-15-14-19(3)16-23(22)26-27(25,21-12-8-5-9-13-21)24-17-20-10-6-4-7-11-20/h4-13,18-19,22-23H,14-17H2,1-3H3,(H,24,25)/t19-,22-,23+,27-/m0/s1. The first-order valence-corrected chi connectivity index (χ1v) is 11.7. The molecule has 3 nitrogen and oxygen atoms in total. The molecule has 0 aromatic heterocycles. The zero-order valence-electron chi connectivity index (χ0n) is 16.7. The number of hydrogen-bond donors (Lipinski definition) is 1. The first kappa shape index (κ1) is 20.3. The maximum Gasteiger partial charge on any atom is 0.300 e. The van der Waals surface area contributed by atoms with Gasteiger partial charge in [-0.25, -0.2) is 5.09 Å². The Hall–Kier alpha value is -1.41. The predicted molar refractivity (Wildman–Crippen MR) is 113 cm³/mol. The number of hydrogen-bond acceptors (Lipinski definition) is 2. The maximum absolute atomic E-state index is 14.0. The summed E-state index contributed by atoms with van der Waals surface area (Å²) in [5, 5.41) is 4.04. The van der Waals surface area contributed by atoms with Gasteiger partial charge in [-0.3, -0.25) is 4.57 Å². The summed E-state index contributed by atoms with van der Waals surface area (Å²) in [6, 6.07) is 19.7. The molecule has 1 N–H and O–H groups in total. The second-order valence-corrected chi connectivity index (χ2v) is 10.3. The van der Waals surface area contributed by atoms with Gasteiger partial charge in [-0.2, -0.15) is 0 Å². The minimum Gasteiger partial charge on any atom is -0.311 e. The highest BCUT2D eigenvalue weighted by Gasteiger charge is 2.37. The number of rotatable bonds is 7. The molecule has 3 rings (SSSR count). The van der Waals surface area contributed by atoms with Crippen molar-refractivity contribution in [3.8, 4) is 0 Å². The molecule has 0 amide bonds. The van der Waals surface area contributed by atoms with Gasteiger partial charge in [0, 0.05) is 6.54 Å². The van der Waals surface area contributed by atoms with E-state index in [0.717, 1.165) is 23.7 Å². The van der Waals surface area contributed by atoms with Gasteiger partial charge in [-0.1, -0.05) is 75.7 Å². The summed E-state index contributed by atoms with van der Waals surface area (Å²) in [6.45, 7) is 7.31. The second-order valence-electron chi connectivity index (χ2n) is 8.18. The van der Waals surface area contributed by atoms with Crippen LogP contribution in [0.1, 0.15) is 45.6 Å². The molecule has 0 bridgehead atoms. The molecular weight excluding hydrogens is 353 g/mol. The van der Waals surface area contributed by atoms with Crippen LogP contribution in [0.25, 0.3) is 0 Å². The quantitative estimate of drug-likeness (QED) is 0.615. The van der Waals surface area contributed by atoms with Gasteiger partial charge in [-0.15, -0.1) is 0 Å². The molecule has 4 atom stereocenters. The Morgan fingerprint density at radius 1 is 1.04 bits per heavy atom. The molecule has 1 saturated carbocycles. The van der Waals surface area contributed by atoms with Crippen molar-refractivity contribution in [2.75, 3.05) is 0 Å². The van der Waals surface area contributed by atoms with Gasteiger partial charge in [0.1, 0.15) is 0 Å². The summed E-state index contributed by atoms with van der Waals surface area (Å²) in [6.07, 6.45) is 3.39. The van der Waals surface area contributed by atoms with Crippen molar-refractivity contribution in [1.82, 2.24) is 5.09 Å². The van der Waals surface area contributed by atoms with E-state index in [1.807, 2.05) is 60.7 Å². The summed E-state index contributed by atoms with van der Waals surface area (Å²) in [5.74, 6) is 1.60. The highest BCUT2D eigenvalue weighted by atomic mass is 31.2. The maximum atomic E-state index is 14.0. The van der Waals surface area contributed by atoms with Crippen molar-refractivity contribution >= 4 is 12.8 Å². The largest absolute Gasteiger partial charge is 0.311 e. The predicted octanol–water partition coefficient (Wildman–Crippen LogP) is 5.77. The lowest BCUT2D eigenvalue weighted by Gasteiger charge is -2.39. The number of benzene rings is 2. The second kappa shape index (κ2) is 9.19. The van der Waals surface area contributed by atoms with Crippen molar-refractivity contribution in [3.63, 3.8) is 0 Å². The molecule has 0 aliphatic heterocycles. The molecule has 0 heterocycles. The molecule has 1 aliphatic rings. The van der Waals surface area contributed by atoms with E-state index in [1.165, 1.54) is 6.42 Å². The summed E-state index contributed by atoms with van der Waals surface area (Å²) in [4.78, 5) is 0. The summed E-state index contributed by atoms with van der Waals surface area (Å²) in [7, 11) is -3.16. The smallest absolute Gasteiger partial charge is 0.300 e. The van der Waals surface area contributed by atoms with Crippen molar-refractivity contribution in [1.29, 1.82) is 0 Å². The fourth-order valence-corrected chi connectivity index (χ4v) is 5.99. The van der Waals surface area contributed by atoms with Crippen molar-refractivity contribution < 1.29 is 9.09 Å². The van der Waals surface area contributed by atoms with Crippen LogP contribution < -0.4 is 10.4 Å². The minimum absolute atomic E-state index is 0.0306. The van der Waals surface area contributed by atoms with E-state index in [4.69, 9.17) is 4.52 Å². The van der Waals surface area contributed by atoms with E-state index in [9.17, 15) is 4.57 Å².